The molecule has 2 aromatic rings. The van der Waals surface area contributed by atoms with Gasteiger partial charge in [0, 0.05) is 41.4 Å². The van der Waals surface area contributed by atoms with E-state index in [1.165, 1.54) is 0 Å². The highest BCUT2D eigenvalue weighted by Gasteiger charge is 2.48. The molecule has 1 saturated heterocycles. The number of hydrogen-bond donors (Lipinski definition) is 2. The summed E-state index contributed by atoms with van der Waals surface area (Å²) in [5.74, 6) is 1.44. The van der Waals surface area contributed by atoms with E-state index < -0.39 is 12.1 Å². The molecule has 7 nitrogen and oxygen atoms in total. The number of ether oxygens (including phenoxy) is 1. The molecule has 0 saturated carbocycles. The molecule has 3 heterocycles. The second kappa shape index (κ2) is 10.4. The fraction of sp³-hybridized carbons (Fsp3) is 0.607. The van der Waals surface area contributed by atoms with E-state index in [0.717, 1.165) is 53.6 Å². The molecule has 0 bridgehead atoms. The van der Waals surface area contributed by atoms with E-state index in [0.29, 0.717) is 25.2 Å². The maximum Gasteiger partial charge on any atom is 0.246 e. The number of Topliss-reactive ketones (excluding diaryl/α,β-unsaturated/α-hetero) is 1. The number of ketones is 1. The molecule has 2 aliphatic heterocycles. The summed E-state index contributed by atoms with van der Waals surface area (Å²) in [5.41, 5.74) is 3.15. The molecule has 2 aliphatic rings. The lowest BCUT2D eigenvalue weighted by molar-refractivity contribution is -0.154. The van der Waals surface area contributed by atoms with Crippen LogP contribution in [-0.4, -0.2) is 46.7 Å². The van der Waals surface area contributed by atoms with Gasteiger partial charge < -0.3 is 19.9 Å². The smallest absolute Gasteiger partial charge is 0.246 e. The van der Waals surface area contributed by atoms with Crippen molar-refractivity contribution in [3.63, 3.8) is 0 Å². The van der Waals surface area contributed by atoms with E-state index in [1.54, 1.807) is 7.11 Å². The number of rotatable bonds is 10. The molecule has 7 heteroatoms. The number of benzene rings is 1. The van der Waals surface area contributed by atoms with Crippen molar-refractivity contribution in [2.75, 3.05) is 7.11 Å². The number of unbranched alkanes of at least 4 members (excludes halogenated alkanes) is 2. The standard InChI is InChI=1S/C28H39N3O4/c1-16(2)13-23-26-20(19-12-11-18(35-5)14-22(19)29-26)15-24-27(33)30-21(28(34)31(23)24)9-7-6-8-10-25(32)17(3)4/h11-12,14,16-17,21,23-24,29H,6-10,13,15H2,1-5H3,(H,30,33)/t21-,23-,24-/m0/s1. The van der Waals surface area contributed by atoms with Crippen LogP contribution in [0.4, 0.5) is 0 Å². The number of hydrogen-bond acceptors (Lipinski definition) is 4. The van der Waals surface area contributed by atoms with Crippen LogP contribution in [0.1, 0.15) is 83.5 Å². The van der Waals surface area contributed by atoms with Gasteiger partial charge in [0.05, 0.1) is 13.2 Å². The van der Waals surface area contributed by atoms with Gasteiger partial charge in [-0.2, -0.15) is 0 Å². The third kappa shape index (κ3) is 5.09. The van der Waals surface area contributed by atoms with Gasteiger partial charge in [0.2, 0.25) is 11.8 Å². The lowest BCUT2D eigenvalue weighted by Gasteiger charge is -2.47. The molecule has 2 amide bonds. The number of aromatic amines is 1. The number of nitrogens with one attached hydrogen (secondary N) is 2. The Kier molecular flexibility index (Phi) is 7.53. The molecule has 1 aromatic carbocycles. The largest absolute Gasteiger partial charge is 0.497 e. The Balaban J connectivity index is 1.54. The first-order valence-corrected chi connectivity index (χ1v) is 13.0. The molecule has 2 N–H and O–H groups in total. The topological polar surface area (TPSA) is 91.5 Å². The van der Waals surface area contributed by atoms with Crippen molar-refractivity contribution >= 4 is 28.5 Å². The fourth-order valence-electron chi connectivity index (χ4n) is 5.56. The summed E-state index contributed by atoms with van der Waals surface area (Å²) in [6.07, 6.45) is 5.01. The first-order chi connectivity index (χ1) is 16.7. The molecular formula is C28H39N3O4. The summed E-state index contributed by atoms with van der Waals surface area (Å²) in [7, 11) is 1.65. The lowest BCUT2D eigenvalue weighted by atomic mass is 9.85. The van der Waals surface area contributed by atoms with Crippen LogP contribution < -0.4 is 10.1 Å². The van der Waals surface area contributed by atoms with Gasteiger partial charge in [0.1, 0.15) is 23.6 Å². The number of amides is 2. The molecule has 0 unspecified atom stereocenters. The van der Waals surface area contributed by atoms with Gasteiger partial charge >= 0.3 is 0 Å². The Bertz CT molecular complexity index is 1100. The Morgan fingerprint density at radius 2 is 1.91 bits per heavy atom. The summed E-state index contributed by atoms with van der Waals surface area (Å²) < 4.78 is 5.40. The van der Waals surface area contributed by atoms with Gasteiger partial charge in [-0.1, -0.05) is 40.5 Å². The summed E-state index contributed by atoms with van der Waals surface area (Å²) in [6, 6.07) is 4.82. The monoisotopic (exact) mass is 481 g/mol. The normalized spacial score (nSPS) is 21.9. The Morgan fingerprint density at radius 3 is 2.60 bits per heavy atom. The number of fused-ring (bicyclic) bond motifs is 4. The highest BCUT2D eigenvalue weighted by Crippen LogP contribution is 2.42. The Labute approximate surface area is 208 Å². The quantitative estimate of drug-likeness (QED) is 0.482. The van der Waals surface area contributed by atoms with Crippen LogP contribution in [0.15, 0.2) is 18.2 Å². The van der Waals surface area contributed by atoms with Crippen LogP contribution in [-0.2, 0) is 20.8 Å². The predicted octanol–water partition coefficient (Wildman–Crippen LogP) is 4.69. The van der Waals surface area contributed by atoms with Crippen LogP contribution in [0.5, 0.6) is 5.75 Å². The van der Waals surface area contributed by atoms with E-state index in [9.17, 15) is 14.4 Å². The van der Waals surface area contributed by atoms with Crippen LogP contribution in [0.2, 0.25) is 0 Å². The van der Waals surface area contributed by atoms with Gasteiger partial charge in [-0.25, -0.2) is 0 Å². The average molecular weight is 482 g/mol. The van der Waals surface area contributed by atoms with Crippen molar-refractivity contribution in [1.29, 1.82) is 0 Å². The van der Waals surface area contributed by atoms with E-state index >= 15 is 0 Å². The van der Waals surface area contributed by atoms with Crippen molar-refractivity contribution in [2.45, 2.75) is 90.8 Å². The summed E-state index contributed by atoms with van der Waals surface area (Å²) in [6.45, 7) is 8.16. The molecule has 3 atom stereocenters. The minimum atomic E-state index is -0.500. The SMILES string of the molecule is COc1ccc2c3c([nH]c2c1)[C@H](CC(C)C)N1C(=O)[C@H](CCCCCC(=O)C(C)C)NC(=O)[C@@H]1C3. The molecule has 0 radical (unpaired) electrons. The summed E-state index contributed by atoms with van der Waals surface area (Å²) in [5, 5.41) is 4.11. The van der Waals surface area contributed by atoms with Crippen LogP contribution >= 0.6 is 0 Å². The minimum absolute atomic E-state index is 0.0143. The molecule has 0 spiro atoms. The number of carbonyl (C=O) groups is 3. The van der Waals surface area contributed by atoms with Crippen LogP contribution in [0, 0.1) is 11.8 Å². The third-order valence-corrected chi connectivity index (χ3v) is 7.47. The average Bonchev–Trinajstić information content (AvgIpc) is 3.18. The minimum Gasteiger partial charge on any atom is -0.497 e. The van der Waals surface area contributed by atoms with Gasteiger partial charge in [-0.3, -0.25) is 14.4 Å². The second-order valence-electron chi connectivity index (χ2n) is 10.8. The fourth-order valence-corrected chi connectivity index (χ4v) is 5.56. The van der Waals surface area contributed by atoms with Crippen molar-refractivity contribution in [1.82, 2.24) is 15.2 Å². The van der Waals surface area contributed by atoms with Gasteiger partial charge in [-0.05, 0) is 42.9 Å². The van der Waals surface area contributed by atoms with Crippen molar-refractivity contribution in [2.24, 2.45) is 11.8 Å². The zero-order chi connectivity index (χ0) is 25.3. The number of nitrogens with zero attached hydrogens (tertiary/aromatic N) is 1. The zero-order valence-corrected chi connectivity index (χ0v) is 21.6. The number of piperazine rings is 1. The summed E-state index contributed by atoms with van der Waals surface area (Å²) in [4.78, 5) is 44.3. The molecular weight excluding hydrogens is 442 g/mol. The number of carbonyl (C=O) groups excluding carboxylic acids is 3. The zero-order valence-electron chi connectivity index (χ0n) is 21.6. The Hall–Kier alpha value is -2.83. The maximum atomic E-state index is 13.7. The van der Waals surface area contributed by atoms with E-state index in [4.69, 9.17) is 4.74 Å². The van der Waals surface area contributed by atoms with Crippen LogP contribution in [0.3, 0.4) is 0 Å². The van der Waals surface area contributed by atoms with Crippen LogP contribution in [0.25, 0.3) is 10.9 Å². The molecule has 4 rings (SSSR count). The molecule has 1 fully saturated rings. The van der Waals surface area contributed by atoms with Crippen molar-refractivity contribution in [3.8, 4) is 5.75 Å². The van der Waals surface area contributed by atoms with Crippen molar-refractivity contribution < 1.29 is 19.1 Å². The molecule has 190 valence electrons. The van der Waals surface area contributed by atoms with Gasteiger partial charge in [-0.15, -0.1) is 0 Å². The summed E-state index contributed by atoms with van der Waals surface area (Å²) >= 11 is 0. The first kappa shape index (κ1) is 25.3. The third-order valence-electron chi connectivity index (χ3n) is 7.47. The molecule has 35 heavy (non-hydrogen) atoms. The van der Waals surface area contributed by atoms with E-state index in [2.05, 4.69) is 24.1 Å². The maximum absolute atomic E-state index is 13.7. The number of aromatic nitrogens is 1. The second-order valence-corrected chi connectivity index (χ2v) is 10.8. The van der Waals surface area contributed by atoms with Gasteiger partial charge in [0.15, 0.2) is 0 Å². The number of H-pyrrole nitrogens is 1. The molecule has 1 aromatic heterocycles. The van der Waals surface area contributed by atoms with E-state index in [-0.39, 0.29) is 29.6 Å². The van der Waals surface area contributed by atoms with Gasteiger partial charge in [0.25, 0.3) is 0 Å². The predicted molar refractivity (Wildman–Crippen MR) is 136 cm³/mol. The number of methoxy groups -OCH3 is 1. The highest BCUT2D eigenvalue weighted by atomic mass is 16.5. The highest BCUT2D eigenvalue weighted by molar-refractivity contribution is 5.99. The lowest BCUT2D eigenvalue weighted by Crippen LogP contribution is -2.65. The Morgan fingerprint density at radius 1 is 1.14 bits per heavy atom. The first-order valence-electron chi connectivity index (χ1n) is 13.0. The van der Waals surface area contributed by atoms with E-state index in [1.807, 2.05) is 36.9 Å². The molecule has 0 aliphatic carbocycles. The van der Waals surface area contributed by atoms with Crippen molar-refractivity contribution in [3.05, 3.63) is 29.5 Å².